The molecule has 0 saturated heterocycles. The fourth-order valence-corrected chi connectivity index (χ4v) is 11.7. The van der Waals surface area contributed by atoms with Crippen LogP contribution in [0.1, 0.15) is 367 Å². The summed E-state index contributed by atoms with van der Waals surface area (Å²) in [4.78, 5) is 38.0. The van der Waals surface area contributed by atoms with E-state index in [2.05, 4.69) is 62.5 Å². The predicted octanol–water partition coefficient (Wildman–Crippen LogP) is 23.4. The molecule has 500 valence electrons. The predicted molar refractivity (Wildman–Crippen MR) is 365 cm³/mol. The van der Waals surface area contributed by atoms with Gasteiger partial charge in [0, 0.05) is 12.8 Å². The molecule has 0 N–H and O–H groups in total. The highest BCUT2D eigenvalue weighted by molar-refractivity contribution is 7.45. The number of carbonyl (C=O) groups excluding carboxylic acids is 2. The number of hydrogen-bond acceptors (Lipinski definition) is 8. The van der Waals surface area contributed by atoms with Crippen molar-refractivity contribution >= 4 is 19.8 Å². The molecule has 0 saturated carbocycles. The van der Waals surface area contributed by atoms with E-state index in [0.717, 1.165) is 57.8 Å². The number of phosphoric acid groups is 1. The van der Waals surface area contributed by atoms with Crippen LogP contribution in [0.4, 0.5) is 0 Å². The van der Waals surface area contributed by atoms with Gasteiger partial charge < -0.3 is 27.9 Å². The number of likely N-dealkylation sites (N-methyl/N-ethyl adjacent to an activating group) is 1. The summed E-state index contributed by atoms with van der Waals surface area (Å²) in [6.07, 6.45) is 86.5. The van der Waals surface area contributed by atoms with Crippen LogP contribution < -0.4 is 4.89 Å². The molecule has 0 aromatic heterocycles. The Hall–Kier alpha value is -2.03. The number of esters is 2. The molecule has 0 bridgehead atoms. The van der Waals surface area contributed by atoms with E-state index >= 15 is 0 Å². The number of ether oxygens (including phenoxy) is 2. The molecule has 2 unspecified atom stereocenters. The van der Waals surface area contributed by atoms with E-state index in [-0.39, 0.29) is 32.0 Å². The quantitative estimate of drug-likeness (QED) is 0.0195. The summed E-state index contributed by atoms with van der Waals surface area (Å²) in [6.45, 7) is 4.20. The Morgan fingerprint density at radius 3 is 1.00 bits per heavy atom. The van der Waals surface area contributed by atoms with Crippen molar-refractivity contribution in [1.82, 2.24) is 0 Å². The maximum absolute atomic E-state index is 12.9. The smallest absolute Gasteiger partial charge is 0.306 e. The van der Waals surface area contributed by atoms with E-state index < -0.39 is 26.5 Å². The molecule has 9 nitrogen and oxygen atoms in total. The van der Waals surface area contributed by atoms with Crippen molar-refractivity contribution in [3.63, 3.8) is 0 Å². The summed E-state index contributed by atoms with van der Waals surface area (Å²) in [7, 11) is 1.19. The SMILES string of the molecule is CC/C=C\C/C=C\C/C=C\C/C=C\CCCCCCCCCCCCCCCCCCCCCCCCCCCCCCC(=O)OC(COC(=O)CCCCCCCCCCCCCCCCCCCCCC)COP(=O)([O-])OCC[N+](C)(C)C. The van der Waals surface area contributed by atoms with Crippen LogP contribution in [0.3, 0.4) is 0 Å². The lowest BCUT2D eigenvalue weighted by molar-refractivity contribution is -0.870. The molecule has 0 aromatic carbocycles. The van der Waals surface area contributed by atoms with Crippen LogP contribution >= 0.6 is 7.82 Å². The maximum atomic E-state index is 12.9. The minimum absolute atomic E-state index is 0.0269. The van der Waals surface area contributed by atoms with Crippen LogP contribution in [0.15, 0.2) is 48.6 Å². The largest absolute Gasteiger partial charge is 0.756 e. The van der Waals surface area contributed by atoms with Gasteiger partial charge in [-0.25, -0.2) is 0 Å². The summed E-state index contributed by atoms with van der Waals surface area (Å²) in [5.41, 5.74) is 0. The van der Waals surface area contributed by atoms with Gasteiger partial charge in [0.15, 0.2) is 6.10 Å². The average molecular weight is 1220 g/mol. The van der Waals surface area contributed by atoms with E-state index in [1.807, 2.05) is 21.1 Å². The summed E-state index contributed by atoms with van der Waals surface area (Å²) in [5.74, 6) is -0.809. The Morgan fingerprint density at radius 1 is 0.376 bits per heavy atom. The molecule has 0 aromatic rings. The highest BCUT2D eigenvalue weighted by Gasteiger charge is 2.22. The normalized spacial score (nSPS) is 13.3. The Kier molecular flexibility index (Phi) is 64.8. The zero-order valence-corrected chi connectivity index (χ0v) is 58.0. The molecule has 0 fully saturated rings. The Bertz CT molecular complexity index is 1570. The molecule has 0 aliphatic heterocycles. The molecule has 10 heteroatoms. The third kappa shape index (κ3) is 70.9. The van der Waals surface area contributed by atoms with Crippen LogP contribution in [0.25, 0.3) is 0 Å². The molecule has 0 amide bonds. The van der Waals surface area contributed by atoms with Crippen LogP contribution in [0.5, 0.6) is 0 Å². The third-order valence-corrected chi connectivity index (χ3v) is 17.6. The second kappa shape index (κ2) is 66.4. The van der Waals surface area contributed by atoms with E-state index in [1.165, 1.54) is 276 Å². The molecular weight excluding hydrogens is 1070 g/mol. The Balaban J connectivity index is 3.87. The molecule has 0 radical (unpaired) electrons. The number of quaternary nitrogens is 1. The van der Waals surface area contributed by atoms with Gasteiger partial charge in [-0.3, -0.25) is 14.2 Å². The van der Waals surface area contributed by atoms with Gasteiger partial charge in [0.2, 0.25) is 0 Å². The molecule has 2 atom stereocenters. The monoisotopic (exact) mass is 1220 g/mol. The first-order chi connectivity index (χ1) is 41.5. The van der Waals surface area contributed by atoms with Gasteiger partial charge in [0.1, 0.15) is 19.8 Å². The summed E-state index contributed by atoms with van der Waals surface area (Å²) in [6, 6.07) is 0. The number of allylic oxidation sites excluding steroid dienone is 8. The van der Waals surface area contributed by atoms with Gasteiger partial charge in [-0.05, 0) is 51.4 Å². The fourth-order valence-electron chi connectivity index (χ4n) is 11.0. The van der Waals surface area contributed by atoms with Gasteiger partial charge in [-0.2, -0.15) is 0 Å². The number of unbranched alkanes of at least 4 members (excludes halogenated alkanes) is 47. The molecule has 0 rings (SSSR count). The summed E-state index contributed by atoms with van der Waals surface area (Å²) >= 11 is 0. The average Bonchev–Trinajstić information content (AvgIpc) is 3.51. The molecule has 85 heavy (non-hydrogen) atoms. The Morgan fingerprint density at radius 2 is 0.671 bits per heavy atom. The van der Waals surface area contributed by atoms with Crippen molar-refractivity contribution in [3.8, 4) is 0 Å². The van der Waals surface area contributed by atoms with Gasteiger partial charge in [0.25, 0.3) is 7.82 Å². The second-order valence-corrected chi connectivity index (χ2v) is 27.7. The lowest BCUT2D eigenvalue weighted by Gasteiger charge is -2.28. The van der Waals surface area contributed by atoms with Crippen molar-refractivity contribution < 1.29 is 42.1 Å². The highest BCUT2D eigenvalue weighted by atomic mass is 31.2. The first-order valence-corrected chi connectivity index (χ1v) is 38.3. The second-order valence-electron chi connectivity index (χ2n) is 26.3. The standard InChI is InChI=1S/C75H142NO8P/c1-6-8-10-12-14-16-18-20-22-24-26-28-29-30-31-32-33-34-35-36-37-38-39-40-41-42-43-44-45-46-47-48-50-52-54-56-58-60-62-64-66-68-75(78)84-73(72-83-85(79,80)82-70-69-76(3,4)5)71-81-74(77)67-65-63-61-59-57-55-53-51-49-27-25-23-21-19-17-15-13-11-9-7-2/h8,10,14,16,20,22,26,28,73H,6-7,9,11-13,15,17-19,21,23-25,27,29-72H2,1-5H3/b10-8-,16-14-,22-20-,28-26-. The van der Waals surface area contributed by atoms with Crippen LogP contribution in [0.2, 0.25) is 0 Å². The number of carbonyl (C=O) groups is 2. The molecular formula is C75H142NO8P. The molecule has 0 aliphatic rings. The van der Waals surface area contributed by atoms with E-state index in [0.29, 0.717) is 17.4 Å². The number of phosphoric ester groups is 1. The summed E-state index contributed by atoms with van der Waals surface area (Å²) < 4.78 is 34.3. The van der Waals surface area contributed by atoms with E-state index in [4.69, 9.17) is 18.5 Å². The van der Waals surface area contributed by atoms with Crippen molar-refractivity contribution in [2.24, 2.45) is 0 Å². The van der Waals surface area contributed by atoms with Crippen LogP contribution in [-0.4, -0.2) is 70.0 Å². The topological polar surface area (TPSA) is 111 Å². The van der Waals surface area contributed by atoms with Crippen molar-refractivity contribution in [2.45, 2.75) is 373 Å². The van der Waals surface area contributed by atoms with E-state index in [9.17, 15) is 19.0 Å². The van der Waals surface area contributed by atoms with Gasteiger partial charge in [-0.1, -0.05) is 351 Å². The Labute approximate surface area is 528 Å². The number of nitrogens with zero attached hydrogens (tertiary/aromatic N) is 1. The first kappa shape index (κ1) is 83.0. The van der Waals surface area contributed by atoms with Crippen LogP contribution in [-0.2, 0) is 32.7 Å². The van der Waals surface area contributed by atoms with Crippen molar-refractivity contribution in [1.29, 1.82) is 0 Å². The van der Waals surface area contributed by atoms with Crippen molar-refractivity contribution in [2.75, 3.05) is 47.5 Å². The minimum atomic E-state index is -4.64. The van der Waals surface area contributed by atoms with Crippen molar-refractivity contribution in [3.05, 3.63) is 48.6 Å². The van der Waals surface area contributed by atoms with E-state index in [1.54, 1.807) is 0 Å². The maximum Gasteiger partial charge on any atom is 0.306 e. The fraction of sp³-hybridized carbons (Fsp3) is 0.867. The number of rotatable bonds is 69. The molecule has 0 heterocycles. The van der Waals surface area contributed by atoms with Gasteiger partial charge >= 0.3 is 11.9 Å². The third-order valence-electron chi connectivity index (χ3n) is 16.6. The lowest BCUT2D eigenvalue weighted by Crippen LogP contribution is -2.37. The summed E-state index contributed by atoms with van der Waals surface area (Å²) in [5, 5.41) is 0. The van der Waals surface area contributed by atoms with Crippen LogP contribution in [0, 0.1) is 0 Å². The molecule has 0 aliphatic carbocycles. The first-order valence-electron chi connectivity index (χ1n) is 36.8. The van der Waals surface area contributed by atoms with Gasteiger partial charge in [-0.15, -0.1) is 0 Å². The van der Waals surface area contributed by atoms with Gasteiger partial charge in [0.05, 0.1) is 27.7 Å². The molecule has 0 spiro atoms. The highest BCUT2D eigenvalue weighted by Crippen LogP contribution is 2.38. The number of hydrogen-bond donors (Lipinski definition) is 0. The zero-order valence-electron chi connectivity index (χ0n) is 57.1. The zero-order chi connectivity index (χ0) is 61.9. The lowest BCUT2D eigenvalue weighted by atomic mass is 10.0. The minimum Gasteiger partial charge on any atom is -0.756 e.